The van der Waals surface area contributed by atoms with Crippen molar-refractivity contribution in [3.05, 3.63) is 22.7 Å². The van der Waals surface area contributed by atoms with E-state index in [1.807, 2.05) is 11.8 Å². The maximum absolute atomic E-state index is 13.6. The highest BCUT2D eigenvalue weighted by Gasteiger charge is 2.32. The van der Waals surface area contributed by atoms with Crippen LogP contribution >= 0.6 is 11.3 Å². The van der Waals surface area contributed by atoms with Gasteiger partial charge in [-0.1, -0.05) is 19.3 Å². The van der Waals surface area contributed by atoms with Gasteiger partial charge in [0.15, 0.2) is 5.13 Å². The Balaban J connectivity index is 1.60. The topological polar surface area (TPSA) is 76.5 Å². The largest absolute Gasteiger partial charge is 0.466 e. The maximum Gasteiger partial charge on any atom is 0.309 e. The van der Waals surface area contributed by atoms with Crippen molar-refractivity contribution in [2.75, 3.05) is 25.0 Å². The Hall–Kier alpha value is -2.35. The quantitative estimate of drug-likeness (QED) is 0.511. The molecule has 1 saturated carbocycles. The molecule has 2 aromatic heterocycles. The minimum atomic E-state index is -0.133. The monoisotopic (exact) mass is 486 g/mol. The third kappa shape index (κ3) is 5.32. The number of hydrogen-bond acceptors (Lipinski definition) is 6. The van der Waals surface area contributed by atoms with Gasteiger partial charge in [-0.15, -0.1) is 11.3 Å². The van der Waals surface area contributed by atoms with Crippen LogP contribution in [0.4, 0.5) is 5.13 Å². The predicted molar refractivity (Wildman–Crippen MR) is 136 cm³/mol. The summed E-state index contributed by atoms with van der Waals surface area (Å²) in [6, 6.07) is 2.78. The molecule has 0 atom stereocenters. The molecule has 0 spiro atoms. The molecular weight excluding hydrogens is 448 g/mol. The molecule has 1 aliphatic heterocycles. The highest BCUT2D eigenvalue weighted by Crippen LogP contribution is 2.38. The Morgan fingerprint density at radius 3 is 2.53 bits per heavy atom. The Morgan fingerprint density at radius 2 is 1.88 bits per heavy atom. The molecule has 4 rings (SSSR count). The first kappa shape index (κ1) is 24.8. The SMILES string of the molecule is CCOC(=O)C1CCN(C(=O)c2cc(-c3csc(NC(C)C)n3)n(C3CCCCC3)c2C)CC1. The molecule has 0 bridgehead atoms. The first-order chi connectivity index (χ1) is 16.4. The lowest BCUT2D eigenvalue weighted by atomic mass is 9.95. The number of likely N-dealkylation sites (tertiary alicyclic amines) is 1. The average molecular weight is 487 g/mol. The number of thiazole rings is 1. The van der Waals surface area contributed by atoms with Crippen molar-refractivity contribution in [2.45, 2.75) is 84.7 Å². The molecule has 2 aromatic rings. The van der Waals surface area contributed by atoms with Crippen LogP contribution in [0.5, 0.6) is 0 Å². The van der Waals surface area contributed by atoms with E-state index < -0.39 is 0 Å². The van der Waals surface area contributed by atoms with Gasteiger partial charge < -0.3 is 19.5 Å². The highest BCUT2D eigenvalue weighted by atomic mass is 32.1. The van der Waals surface area contributed by atoms with Crippen molar-refractivity contribution in [3.63, 3.8) is 0 Å². The Labute approximate surface area is 206 Å². The van der Waals surface area contributed by atoms with Gasteiger partial charge in [0.1, 0.15) is 0 Å². The summed E-state index contributed by atoms with van der Waals surface area (Å²) < 4.78 is 7.57. The number of rotatable bonds is 7. The minimum Gasteiger partial charge on any atom is -0.466 e. The number of esters is 1. The van der Waals surface area contributed by atoms with Crippen LogP contribution in [0.25, 0.3) is 11.4 Å². The van der Waals surface area contributed by atoms with Crippen molar-refractivity contribution in [1.82, 2.24) is 14.5 Å². The average Bonchev–Trinajstić information content (AvgIpc) is 3.43. The summed E-state index contributed by atoms with van der Waals surface area (Å²) in [7, 11) is 0. The molecule has 2 fully saturated rings. The van der Waals surface area contributed by atoms with Gasteiger partial charge in [-0.3, -0.25) is 9.59 Å². The molecule has 1 saturated heterocycles. The zero-order chi connectivity index (χ0) is 24.2. The molecule has 0 unspecified atom stereocenters. The van der Waals surface area contributed by atoms with E-state index in [2.05, 4.69) is 42.1 Å². The number of carbonyl (C=O) groups is 2. The molecule has 2 aliphatic rings. The summed E-state index contributed by atoms with van der Waals surface area (Å²) in [5.41, 5.74) is 3.77. The number of piperidine rings is 1. The summed E-state index contributed by atoms with van der Waals surface area (Å²) in [5, 5.41) is 6.40. The van der Waals surface area contributed by atoms with Gasteiger partial charge in [-0.2, -0.15) is 0 Å². The first-order valence-electron chi connectivity index (χ1n) is 12.8. The number of amides is 1. The van der Waals surface area contributed by atoms with Crippen molar-refractivity contribution in [3.8, 4) is 11.4 Å². The molecule has 0 radical (unpaired) electrons. The van der Waals surface area contributed by atoms with Crippen LogP contribution in [0.1, 0.15) is 87.8 Å². The standard InChI is InChI=1S/C26H38N4O3S/c1-5-33-25(32)19-11-13-29(14-12-19)24(31)21-15-23(22-16-34-26(28-22)27-17(2)3)30(18(21)4)20-9-7-6-8-10-20/h15-17,19-20H,5-14H2,1-4H3,(H,27,28). The van der Waals surface area contributed by atoms with Gasteiger partial charge >= 0.3 is 5.97 Å². The van der Waals surface area contributed by atoms with Crippen LogP contribution < -0.4 is 5.32 Å². The number of carbonyl (C=O) groups excluding carboxylic acids is 2. The van der Waals surface area contributed by atoms with E-state index in [4.69, 9.17) is 9.72 Å². The number of hydrogen-bond donors (Lipinski definition) is 1. The number of nitrogens with one attached hydrogen (secondary N) is 1. The normalized spacial score (nSPS) is 17.9. The zero-order valence-electron chi connectivity index (χ0n) is 20.9. The number of nitrogens with zero attached hydrogens (tertiary/aromatic N) is 3. The van der Waals surface area contributed by atoms with Gasteiger partial charge in [-0.25, -0.2) is 4.98 Å². The van der Waals surface area contributed by atoms with Gasteiger partial charge in [0, 0.05) is 36.2 Å². The van der Waals surface area contributed by atoms with Gasteiger partial charge in [0.05, 0.1) is 29.5 Å². The van der Waals surface area contributed by atoms with Crippen molar-refractivity contribution in [1.29, 1.82) is 0 Å². The zero-order valence-corrected chi connectivity index (χ0v) is 21.7. The van der Waals surface area contributed by atoms with Crippen LogP contribution in [0.3, 0.4) is 0 Å². The Kier molecular flexibility index (Phi) is 7.96. The van der Waals surface area contributed by atoms with E-state index in [0.29, 0.717) is 44.6 Å². The van der Waals surface area contributed by atoms with E-state index >= 15 is 0 Å². The molecule has 0 aromatic carbocycles. The summed E-state index contributed by atoms with van der Waals surface area (Å²) in [5.74, 6) is -0.174. The number of aromatic nitrogens is 2. The third-order valence-corrected chi connectivity index (χ3v) is 7.82. The summed E-state index contributed by atoms with van der Waals surface area (Å²) in [4.78, 5) is 32.5. The van der Waals surface area contributed by atoms with E-state index in [1.165, 1.54) is 19.3 Å². The smallest absolute Gasteiger partial charge is 0.309 e. The second-order valence-electron chi connectivity index (χ2n) is 9.85. The van der Waals surface area contributed by atoms with Gasteiger partial charge in [-0.05, 0) is 59.4 Å². The lowest BCUT2D eigenvalue weighted by molar-refractivity contribution is -0.149. The van der Waals surface area contributed by atoms with Crippen LogP contribution in [-0.2, 0) is 9.53 Å². The molecule has 1 N–H and O–H groups in total. The summed E-state index contributed by atoms with van der Waals surface area (Å²) in [6.45, 7) is 9.71. The molecule has 7 nitrogen and oxygen atoms in total. The minimum absolute atomic E-state index is 0.0615. The van der Waals surface area contributed by atoms with Crippen LogP contribution in [0.2, 0.25) is 0 Å². The van der Waals surface area contributed by atoms with Gasteiger partial charge in [0.2, 0.25) is 0 Å². The molecule has 34 heavy (non-hydrogen) atoms. The maximum atomic E-state index is 13.6. The molecule has 186 valence electrons. The lowest BCUT2D eigenvalue weighted by Gasteiger charge is -2.31. The van der Waals surface area contributed by atoms with Crippen molar-refractivity contribution < 1.29 is 14.3 Å². The lowest BCUT2D eigenvalue weighted by Crippen LogP contribution is -2.40. The second-order valence-corrected chi connectivity index (χ2v) is 10.7. The first-order valence-corrected chi connectivity index (χ1v) is 13.7. The molecule has 3 heterocycles. The predicted octanol–water partition coefficient (Wildman–Crippen LogP) is 5.66. The van der Waals surface area contributed by atoms with Crippen molar-refractivity contribution >= 4 is 28.3 Å². The highest BCUT2D eigenvalue weighted by molar-refractivity contribution is 7.14. The number of anilines is 1. The van der Waals surface area contributed by atoms with E-state index in [1.54, 1.807) is 11.3 Å². The van der Waals surface area contributed by atoms with Crippen molar-refractivity contribution in [2.24, 2.45) is 5.92 Å². The molecule has 1 amide bonds. The van der Waals surface area contributed by atoms with E-state index in [-0.39, 0.29) is 17.8 Å². The van der Waals surface area contributed by atoms with Crippen LogP contribution in [0.15, 0.2) is 11.4 Å². The van der Waals surface area contributed by atoms with Crippen LogP contribution in [0, 0.1) is 12.8 Å². The number of ether oxygens (including phenoxy) is 1. The fourth-order valence-corrected chi connectivity index (χ4v) is 6.15. The Bertz CT molecular complexity index is 998. The van der Waals surface area contributed by atoms with Gasteiger partial charge in [0.25, 0.3) is 5.91 Å². The van der Waals surface area contributed by atoms with Crippen LogP contribution in [-0.4, -0.2) is 52.1 Å². The molecular formula is C26H38N4O3S. The fraction of sp³-hybridized carbons (Fsp3) is 0.654. The third-order valence-electron chi connectivity index (χ3n) is 7.04. The second kappa shape index (κ2) is 10.9. The molecule has 1 aliphatic carbocycles. The molecule has 8 heteroatoms. The van der Waals surface area contributed by atoms with E-state index in [0.717, 1.165) is 40.6 Å². The van der Waals surface area contributed by atoms with E-state index in [9.17, 15) is 9.59 Å². The Morgan fingerprint density at radius 1 is 1.18 bits per heavy atom. The summed E-state index contributed by atoms with van der Waals surface area (Å²) >= 11 is 1.61. The summed E-state index contributed by atoms with van der Waals surface area (Å²) in [6.07, 6.45) is 7.34. The fourth-order valence-electron chi connectivity index (χ4n) is 5.30.